The summed E-state index contributed by atoms with van der Waals surface area (Å²) < 4.78 is 25.9. The number of nitro benzene ring substituents is 1. The molecule has 0 aliphatic heterocycles. The number of nitrogens with one attached hydrogen (secondary N) is 1. The maximum Gasteiger partial charge on any atom is 0.271 e. The smallest absolute Gasteiger partial charge is 0.271 e. The summed E-state index contributed by atoms with van der Waals surface area (Å²) in [6, 6.07) is 6.87. The van der Waals surface area contributed by atoms with E-state index in [2.05, 4.69) is 5.32 Å². The number of carbonyl (C=O) groups is 1. The van der Waals surface area contributed by atoms with E-state index < -0.39 is 27.4 Å². The molecule has 0 aliphatic rings. The van der Waals surface area contributed by atoms with Gasteiger partial charge in [-0.3, -0.25) is 14.9 Å². The van der Waals surface area contributed by atoms with Gasteiger partial charge in [0, 0.05) is 19.2 Å². The number of benzene rings is 1. The Morgan fingerprint density at radius 1 is 1.36 bits per heavy atom. The standard InChI is InChI=1S/C14H14ClN3O5S2/c1-9-3-4-10(18(20)21)7-11(9)16-13(19)8-17(2)25(22,23)14-6-5-12(15)24-14/h3-7H,8H2,1-2H3,(H,16,19). The van der Waals surface area contributed by atoms with Crippen LogP contribution in [0.15, 0.2) is 34.5 Å². The van der Waals surface area contributed by atoms with E-state index in [0.29, 0.717) is 9.90 Å². The lowest BCUT2D eigenvalue weighted by atomic mass is 10.2. The van der Waals surface area contributed by atoms with Crippen LogP contribution in [0, 0.1) is 17.0 Å². The molecule has 0 radical (unpaired) electrons. The molecule has 8 nitrogen and oxygen atoms in total. The van der Waals surface area contributed by atoms with Gasteiger partial charge in [-0.1, -0.05) is 17.7 Å². The van der Waals surface area contributed by atoms with E-state index in [1.165, 1.54) is 37.4 Å². The number of halogens is 1. The number of nitrogens with zero attached hydrogens (tertiary/aromatic N) is 2. The summed E-state index contributed by atoms with van der Waals surface area (Å²) in [6.45, 7) is 1.23. The molecule has 134 valence electrons. The molecule has 0 fully saturated rings. The Morgan fingerprint density at radius 2 is 2.04 bits per heavy atom. The molecular weight excluding hydrogens is 390 g/mol. The summed E-state index contributed by atoms with van der Waals surface area (Å²) in [6.07, 6.45) is 0. The molecule has 1 aromatic heterocycles. The van der Waals surface area contributed by atoms with Crippen molar-refractivity contribution in [3.8, 4) is 0 Å². The van der Waals surface area contributed by atoms with Crippen molar-refractivity contribution >= 4 is 50.2 Å². The molecule has 1 heterocycles. The zero-order chi connectivity index (χ0) is 18.8. The second-order valence-corrected chi connectivity index (χ2v) is 9.11. The minimum Gasteiger partial charge on any atom is -0.324 e. The highest BCUT2D eigenvalue weighted by molar-refractivity contribution is 7.91. The third-order valence-corrected chi connectivity index (χ3v) is 6.79. The fourth-order valence-electron chi connectivity index (χ4n) is 1.93. The van der Waals surface area contributed by atoms with E-state index in [0.717, 1.165) is 15.6 Å². The molecule has 1 amide bonds. The van der Waals surface area contributed by atoms with E-state index >= 15 is 0 Å². The molecule has 25 heavy (non-hydrogen) atoms. The van der Waals surface area contributed by atoms with Gasteiger partial charge in [0.15, 0.2) is 0 Å². The molecule has 0 bridgehead atoms. The summed E-state index contributed by atoms with van der Waals surface area (Å²) in [5, 5.41) is 13.3. The minimum absolute atomic E-state index is 0.0272. The Hall–Kier alpha value is -2.01. The van der Waals surface area contributed by atoms with Gasteiger partial charge in [0.2, 0.25) is 5.91 Å². The largest absolute Gasteiger partial charge is 0.324 e. The van der Waals surface area contributed by atoms with Crippen molar-refractivity contribution in [2.75, 3.05) is 18.9 Å². The van der Waals surface area contributed by atoms with Crippen molar-refractivity contribution in [1.29, 1.82) is 0 Å². The highest BCUT2D eigenvalue weighted by Crippen LogP contribution is 2.27. The molecule has 0 saturated carbocycles. The Bertz CT molecular complexity index is 926. The molecule has 1 aromatic carbocycles. The quantitative estimate of drug-likeness (QED) is 0.589. The number of nitro groups is 1. The van der Waals surface area contributed by atoms with E-state index in [4.69, 9.17) is 11.6 Å². The first-order chi connectivity index (χ1) is 11.6. The molecular formula is C14H14ClN3O5S2. The van der Waals surface area contributed by atoms with Crippen LogP contribution >= 0.6 is 22.9 Å². The van der Waals surface area contributed by atoms with Crippen molar-refractivity contribution in [2.45, 2.75) is 11.1 Å². The van der Waals surface area contributed by atoms with Gasteiger partial charge < -0.3 is 5.32 Å². The van der Waals surface area contributed by atoms with Gasteiger partial charge in [-0.25, -0.2) is 8.42 Å². The van der Waals surface area contributed by atoms with E-state index in [-0.39, 0.29) is 15.6 Å². The van der Waals surface area contributed by atoms with E-state index in [1.807, 2.05) is 0 Å². The lowest BCUT2D eigenvalue weighted by Crippen LogP contribution is -2.34. The number of non-ortho nitro benzene ring substituents is 1. The SMILES string of the molecule is Cc1ccc([N+](=O)[O-])cc1NC(=O)CN(C)S(=O)(=O)c1ccc(Cl)s1. The van der Waals surface area contributed by atoms with Crippen molar-refractivity contribution in [3.63, 3.8) is 0 Å². The van der Waals surface area contributed by atoms with E-state index in [1.54, 1.807) is 6.92 Å². The lowest BCUT2D eigenvalue weighted by Gasteiger charge is -2.16. The first-order valence-corrected chi connectivity index (χ1v) is 9.51. The maximum absolute atomic E-state index is 12.4. The van der Waals surface area contributed by atoms with Crippen LogP contribution in [0.1, 0.15) is 5.56 Å². The highest BCUT2D eigenvalue weighted by atomic mass is 35.5. The van der Waals surface area contributed by atoms with Gasteiger partial charge in [0.25, 0.3) is 15.7 Å². The van der Waals surface area contributed by atoms with Crippen molar-refractivity contribution < 1.29 is 18.1 Å². The fraction of sp³-hybridized carbons (Fsp3) is 0.214. The lowest BCUT2D eigenvalue weighted by molar-refractivity contribution is -0.384. The summed E-state index contributed by atoms with van der Waals surface area (Å²) in [4.78, 5) is 22.4. The molecule has 0 atom stereocenters. The maximum atomic E-state index is 12.4. The highest BCUT2D eigenvalue weighted by Gasteiger charge is 2.25. The van der Waals surface area contributed by atoms with E-state index in [9.17, 15) is 23.3 Å². The number of rotatable bonds is 6. The molecule has 1 N–H and O–H groups in total. The minimum atomic E-state index is -3.84. The van der Waals surface area contributed by atoms with Crippen LogP contribution < -0.4 is 5.32 Å². The Kier molecular flexibility index (Phi) is 5.78. The topological polar surface area (TPSA) is 110 Å². The average Bonchev–Trinajstić information content (AvgIpc) is 2.96. The zero-order valence-corrected chi connectivity index (χ0v) is 15.6. The number of thiophene rings is 1. The Balaban J connectivity index is 2.12. The number of sulfonamides is 1. The molecule has 0 saturated heterocycles. The number of hydrogen-bond donors (Lipinski definition) is 1. The van der Waals surface area contributed by atoms with Crippen LogP contribution in [0.2, 0.25) is 4.34 Å². The van der Waals surface area contributed by atoms with Crippen molar-refractivity contribution in [1.82, 2.24) is 4.31 Å². The molecule has 11 heteroatoms. The third-order valence-electron chi connectivity index (χ3n) is 3.29. The molecule has 0 spiro atoms. The second-order valence-electron chi connectivity index (χ2n) is 5.12. The zero-order valence-electron chi connectivity index (χ0n) is 13.2. The number of carbonyl (C=O) groups excluding carboxylic acids is 1. The van der Waals surface area contributed by atoms with Crippen LogP contribution in [-0.4, -0.2) is 37.1 Å². The Labute approximate surface area is 153 Å². The first kappa shape index (κ1) is 19.3. The summed E-state index contributed by atoms with van der Waals surface area (Å²) in [7, 11) is -2.57. The van der Waals surface area contributed by atoms with Gasteiger partial charge in [-0.2, -0.15) is 4.31 Å². The van der Waals surface area contributed by atoms with Crippen LogP contribution in [0.25, 0.3) is 0 Å². The number of amides is 1. The normalized spacial score (nSPS) is 11.5. The van der Waals surface area contributed by atoms with Gasteiger partial charge in [0.05, 0.1) is 21.5 Å². The third kappa shape index (κ3) is 4.54. The predicted octanol–water partition coefficient (Wildman–Crippen LogP) is 2.88. The summed E-state index contributed by atoms with van der Waals surface area (Å²) >= 11 is 6.63. The molecule has 0 unspecified atom stereocenters. The van der Waals surface area contributed by atoms with Gasteiger partial charge in [0.1, 0.15) is 4.21 Å². The molecule has 2 rings (SSSR count). The fourth-order valence-corrected chi connectivity index (χ4v) is 4.75. The van der Waals surface area contributed by atoms with Crippen molar-refractivity contribution in [2.24, 2.45) is 0 Å². The second kappa shape index (κ2) is 7.48. The summed E-state index contributed by atoms with van der Waals surface area (Å²) in [5.74, 6) is -0.614. The van der Waals surface area contributed by atoms with Crippen LogP contribution in [0.3, 0.4) is 0 Å². The number of aryl methyl sites for hydroxylation is 1. The predicted molar refractivity (Wildman–Crippen MR) is 95.6 cm³/mol. The Morgan fingerprint density at radius 3 is 2.60 bits per heavy atom. The first-order valence-electron chi connectivity index (χ1n) is 6.88. The van der Waals surface area contributed by atoms with Gasteiger partial charge in [-0.05, 0) is 24.6 Å². The van der Waals surface area contributed by atoms with Crippen LogP contribution in [0.4, 0.5) is 11.4 Å². The van der Waals surface area contributed by atoms with Crippen LogP contribution in [-0.2, 0) is 14.8 Å². The average molecular weight is 404 g/mol. The van der Waals surface area contributed by atoms with Gasteiger partial charge >= 0.3 is 0 Å². The van der Waals surface area contributed by atoms with Gasteiger partial charge in [-0.15, -0.1) is 11.3 Å². The van der Waals surface area contributed by atoms with Crippen molar-refractivity contribution in [3.05, 3.63) is 50.3 Å². The molecule has 0 aliphatic carbocycles. The summed E-state index contributed by atoms with van der Waals surface area (Å²) in [5.41, 5.74) is 0.703. The number of likely N-dealkylation sites (N-methyl/N-ethyl adjacent to an activating group) is 1. The number of anilines is 1. The van der Waals surface area contributed by atoms with Crippen LogP contribution in [0.5, 0.6) is 0 Å². The monoisotopic (exact) mass is 403 g/mol. The number of hydrogen-bond acceptors (Lipinski definition) is 6. The molecule has 2 aromatic rings.